The number of nitrogens with two attached hydrogens (primary N) is 1. The molecular formula is C26H25FN6O4S. The topological polar surface area (TPSA) is 132 Å². The van der Waals surface area contributed by atoms with Gasteiger partial charge in [-0.1, -0.05) is 30.3 Å². The van der Waals surface area contributed by atoms with E-state index in [1.54, 1.807) is 17.9 Å². The number of anilines is 2. The molecule has 12 heteroatoms. The molecule has 0 unspecified atom stereocenters. The first kappa shape index (κ1) is 24.5. The normalized spacial score (nSPS) is 16.7. The van der Waals surface area contributed by atoms with Crippen molar-refractivity contribution in [1.82, 2.24) is 19.5 Å². The average molecular weight is 537 g/mol. The van der Waals surface area contributed by atoms with Crippen molar-refractivity contribution in [3.63, 3.8) is 0 Å². The number of hydrogen-bond donors (Lipinski definition) is 2. The number of nitrogens with zero attached hydrogens (tertiary/aromatic N) is 4. The SMILES string of the molecule is Cc1ccc(Nc2c(C(=O)N3CCC4(CC3)OCc3ccccc34)cnc3c(S(N)(=O)=O)cnn23)c(F)c1. The number of hydrogen-bond acceptors (Lipinski definition) is 7. The third-order valence-corrected chi connectivity index (χ3v) is 8.18. The minimum Gasteiger partial charge on any atom is -0.365 e. The number of likely N-dealkylation sites (tertiary alicyclic amines) is 1. The van der Waals surface area contributed by atoms with Gasteiger partial charge in [-0.25, -0.2) is 22.9 Å². The number of aryl methyl sites for hydroxylation is 1. The van der Waals surface area contributed by atoms with E-state index in [9.17, 15) is 17.6 Å². The van der Waals surface area contributed by atoms with Crippen LogP contribution >= 0.6 is 0 Å². The first-order valence-corrected chi connectivity index (χ1v) is 13.7. The molecule has 38 heavy (non-hydrogen) atoms. The lowest BCUT2D eigenvalue weighted by atomic mass is 9.83. The zero-order valence-corrected chi connectivity index (χ0v) is 21.3. The van der Waals surface area contributed by atoms with Gasteiger partial charge in [-0.3, -0.25) is 4.79 Å². The van der Waals surface area contributed by atoms with E-state index >= 15 is 0 Å². The van der Waals surface area contributed by atoms with E-state index in [0.717, 1.165) is 21.8 Å². The second kappa shape index (κ2) is 8.86. The molecule has 10 nitrogen and oxygen atoms in total. The van der Waals surface area contributed by atoms with Crippen molar-refractivity contribution in [3.05, 3.63) is 82.9 Å². The molecule has 2 aromatic carbocycles. The van der Waals surface area contributed by atoms with Crippen LogP contribution in [0.5, 0.6) is 0 Å². The Morgan fingerprint density at radius 3 is 2.66 bits per heavy atom. The summed E-state index contributed by atoms with van der Waals surface area (Å²) in [5.41, 5.74) is 2.76. The molecule has 6 rings (SSSR count). The number of ether oxygens (including phenoxy) is 1. The van der Waals surface area contributed by atoms with E-state index in [4.69, 9.17) is 9.88 Å². The molecule has 4 aromatic rings. The monoisotopic (exact) mass is 536 g/mol. The maximum Gasteiger partial charge on any atom is 0.259 e. The van der Waals surface area contributed by atoms with Crippen LogP contribution in [-0.4, -0.2) is 46.9 Å². The van der Waals surface area contributed by atoms with E-state index in [1.807, 2.05) is 12.1 Å². The highest BCUT2D eigenvalue weighted by Gasteiger charge is 2.43. The Labute approximate surface area is 218 Å². The molecule has 2 aliphatic rings. The Bertz CT molecular complexity index is 1700. The van der Waals surface area contributed by atoms with Gasteiger partial charge in [0.25, 0.3) is 5.91 Å². The van der Waals surface area contributed by atoms with E-state index in [1.165, 1.54) is 23.9 Å². The van der Waals surface area contributed by atoms with Crippen LogP contribution in [0.3, 0.4) is 0 Å². The lowest BCUT2D eigenvalue weighted by Crippen LogP contribution is -2.45. The predicted molar refractivity (Wildman–Crippen MR) is 137 cm³/mol. The highest BCUT2D eigenvalue weighted by molar-refractivity contribution is 7.89. The third-order valence-electron chi connectivity index (χ3n) is 7.28. The summed E-state index contributed by atoms with van der Waals surface area (Å²) in [6, 6.07) is 12.7. The Balaban J connectivity index is 1.36. The Hall–Kier alpha value is -3.87. The minimum atomic E-state index is -4.14. The fourth-order valence-electron chi connectivity index (χ4n) is 5.28. The number of carbonyl (C=O) groups excluding carboxylic acids is 1. The zero-order valence-electron chi connectivity index (χ0n) is 20.5. The second-order valence-corrected chi connectivity index (χ2v) is 11.2. The number of halogens is 1. The molecule has 4 heterocycles. The molecule has 1 fully saturated rings. The van der Waals surface area contributed by atoms with Gasteiger partial charge < -0.3 is 15.0 Å². The largest absolute Gasteiger partial charge is 0.365 e. The predicted octanol–water partition coefficient (Wildman–Crippen LogP) is 3.23. The molecule has 1 amide bonds. The van der Waals surface area contributed by atoms with Crippen LogP contribution in [0.4, 0.5) is 15.9 Å². The highest BCUT2D eigenvalue weighted by Crippen LogP contribution is 2.44. The van der Waals surface area contributed by atoms with Crippen molar-refractivity contribution in [3.8, 4) is 0 Å². The van der Waals surface area contributed by atoms with Crippen LogP contribution in [0.15, 0.2) is 59.8 Å². The number of amides is 1. The lowest BCUT2D eigenvalue weighted by Gasteiger charge is -2.39. The first-order valence-electron chi connectivity index (χ1n) is 12.1. The molecule has 0 atom stereocenters. The number of sulfonamides is 1. The Morgan fingerprint density at radius 2 is 1.92 bits per heavy atom. The summed E-state index contributed by atoms with van der Waals surface area (Å²) in [4.78, 5) is 19.4. The Morgan fingerprint density at radius 1 is 1.16 bits per heavy atom. The fraction of sp³-hybridized carbons (Fsp3) is 0.269. The van der Waals surface area contributed by atoms with Gasteiger partial charge in [-0.2, -0.15) is 9.61 Å². The molecule has 1 spiro atoms. The number of piperidine rings is 1. The summed E-state index contributed by atoms with van der Waals surface area (Å²) in [7, 11) is -4.14. The summed E-state index contributed by atoms with van der Waals surface area (Å²) in [5.74, 6) is -0.798. The van der Waals surface area contributed by atoms with Gasteiger partial charge in [0.1, 0.15) is 22.1 Å². The van der Waals surface area contributed by atoms with E-state index in [-0.39, 0.29) is 33.5 Å². The van der Waals surface area contributed by atoms with Crippen molar-refractivity contribution in [2.24, 2.45) is 5.14 Å². The molecule has 0 aliphatic carbocycles. The van der Waals surface area contributed by atoms with E-state index in [0.29, 0.717) is 32.5 Å². The van der Waals surface area contributed by atoms with Gasteiger partial charge in [-0.15, -0.1) is 0 Å². The highest BCUT2D eigenvalue weighted by atomic mass is 32.2. The molecule has 3 N–H and O–H groups in total. The minimum absolute atomic E-state index is 0.0763. The second-order valence-electron chi connectivity index (χ2n) is 9.65. The molecular weight excluding hydrogens is 511 g/mol. The van der Waals surface area contributed by atoms with Gasteiger partial charge >= 0.3 is 0 Å². The van der Waals surface area contributed by atoms with Gasteiger partial charge in [0.2, 0.25) is 10.0 Å². The number of benzene rings is 2. The molecule has 196 valence electrons. The van der Waals surface area contributed by atoms with Crippen molar-refractivity contribution < 1.29 is 22.3 Å². The number of carbonyl (C=O) groups is 1. The van der Waals surface area contributed by atoms with Crippen molar-refractivity contribution in [1.29, 1.82) is 0 Å². The van der Waals surface area contributed by atoms with Crippen molar-refractivity contribution in [2.75, 3.05) is 18.4 Å². The number of rotatable bonds is 4. The first-order chi connectivity index (χ1) is 18.2. The number of primary sulfonamides is 1. The summed E-state index contributed by atoms with van der Waals surface area (Å²) in [6.45, 7) is 3.18. The molecule has 1 saturated heterocycles. The van der Waals surface area contributed by atoms with Gasteiger partial charge in [0.15, 0.2) is 5.65 Å². The molecule has 2 aromatic heterocycles. The van der Waals surface area contributed by atoms with Crippen LogP contribution in [0.1, 0.15) is 39.9 Å². The van der Waals surface area contributed by atoms with E-state index < -0.39 is 21.4 Å². The fourth-order valence-corrected chi connectivity index (χ4v) is 5.86. The van der Waals surface area contributed by atoms with Crippen molar-refractivity contribution in [2.45, 2.75) is 36.9 Å². The van der Waals surface area contributed by atoms with Crippen LogP contribution in [-0.2, 0) is 27.0 Å². The number of aromatic nitrogens is 3. The molecule has 0 radical (unpaired) electrons. The summed E-state index contributed by atoms with van der Waals surface area (Å²) >= 11 is 0. The van der Waals surface area contributed by atoms with Crippen LogP contribution in [0.2, 0.25) is 0 Å². The lowest BCUT2D eigenvalue weighted by molar-refractivity contribution is -0.0741. The quantitative estimate of drug-likeness (QED) is 0.409. The zero-order chi connectivity index (χ0) is 26.7. The number of fused-ring (bicyclic) bond motifs is 3. The van der Waals surface area contributed by atoms with Gasteiger partial charge in [0.05, 0.1) is 24.1 Å². The smallest absolute Gasteiger partial charge is 0.259 e. The maximum absolute atomic E-state index is 14.8. The maximum atomic E-state index is 14.8. The Kier molecular flexibility index (Phi) is 5.70. The molecule has 2 aliphatic heterocycles. The van der Waals surface area contributed by atoms with Crippen LogP contribution < -0.4 is 10.5 Å². The number of nitrogens with one attached hydrogen (secondary N) is 1. The summed E-state index contributed by atoms with van der Waals surface area (Å²) in [5, 5.41) is 12.4. The van der Waals surface area contributed by atoms with Crippen LogP contribution in [0.25, 0.3) is 5.65 Å². The standard InChI is InChI=1S/C26H25FN6O4S/c1-16-6-7-21(20(27)12-16)31-23-18(13-29-24-22(38(28,35)36)14-30-33(23)24)25(34)32-10-8-26(9-11-32)19-5-3-2-4-17(19)15-37-26/h2-7,12-14,31H,8-11,15H2,1H3,(H2,28,35,36). The summed E-state index contributed by atoms with van der Waals surface area (Å²) < 4.78 is 46.3. The molecule has 0 bridgehead atoms. The molecule has 0 saturated carbocycles. The third kappa shape index (κ3) is 4.01. The summed E-state index contributed by atoms with van der Waals surface area (Å²) in [6.07, 6.45) is 3.58. The van der Waals surface area contributed by atoms with Crippen molar-refractivity contribution >= 4 is 33.1 Å². The average Bonchev–Trinajstić information content (AvgIpc) is 3.49. The van der Waals surface area contributed by atoms with E-state index in [2.05, 4.69) is 27.5 Å². The van der Waals surface area contributed by atoms with Crippen LogP contribution in [0, 0.1) is 12.7 Å². The van der Waals surface area contributed by atoms with Gasteiger partial charge in [-0.05, 0) is 48.6 Å². The van der Waals surface area contributed by atoms with Gasteiger partial charge in [0, 0.05) is 19.3 Å².